The fraction of sp³-hybridized carbons (Fsp3) is 0.333. The Bertz CT molecular complexity index is 443. The summed E-state index contributed by atoms with van der Waals surface area (Å²) in [7, 11) is 1.24. The molecule has 0 aromatic carbocycles. The lowest BCUT2D eigenvalue weighted by Gasteiger charge is -2.05. The number of thiophene rings is 1. The van der Waals surface area contributed by atoms with Gasteiger partial charge < -0.3 is 14.6 Å². The van der Waals surface area contributed by atoms with E-state index in [4.69, 9.17) is 9.84 Å². The predicted octanol–water partition coefficient (Wildman–Crippen LogP) is 2.00. The molecule has 8 heteroatoms. The van der Waals surface area contributed by atoms with Gasteiger partial charge in [-0.15, -0.1) is 11.3 Å². The van der Waals surface area contributed by atoms with Crippen LogP contribution < -0.4 is 4.74 Å². The number of halogens is 2. The smallest absolute Gasteiger partial charge is 0.343 e. The summed E-state index contributed by atoms with van der Waals surface area (Å²) in [6.45, 7) is -0.919. The van der Waals surface area contributed by atoms with Crippen molar-refractivity contribution in [2.45, 2.75) is 0 Å². The Morgan fingerprint density at radius 2 is 2.06 bits per heavy atom. The van der Waals surface area contributed by atoms with Gasteiger partial charge in [0.15, 0.2) is 12.4 Å². The van der Waals surface area contributed by atoms with Crippen LogP contribution in [-0.2, 0) is 9.53 Å². The van der Waals surface area contributed by atoms with Crippen molar-refractivity contribution in [2.75, 3.05) is 20.3 Å². The maximum absolute atomic E-state index is 11.4. The lowest BCUT2D eigenvalue weighted by Crippen LogP contribution is -2.14. The molecule has 1 heterocycles. The molecule has 0 aliphatic rings. The number of hydrogen-bond donors (Lipinski definition) is 1. The molecule has 1 N–H and O–H groups in total. The number of methoxy groups -OCH3 is 1. The molecule has 94 valence electrons. The van der Waals surface area contributed by atoms with Gasteiger partial charge in [-0.2, -0.15) is 0 Å². The average molecular weight is 388 g/mol. The molecule has 0 saturated carbocycles. The summed E-state index contributed by atoms with van der Waals surface area (Å²) in [5.74, 6) is -0.797. The summed E-state index contributed by atoms with van der Waals surface area (Å²) >= 11 is 7.57. The van der Waals surface area contributed by atoms with E-state index in [9.17, 15) is 9.59 Å². The summed E-state index contributed by atoms with van der Waals surface area (Å²) in [5.41, 5.74) is 0. The zero-order valence-corrected chi connectivity index (χ0v) is 12.6. The van der Waals surface area contributed by atoms with Crippen molar-refractivity contribution in [3.63, 3.8) is 0 Å². The summed E-state index contributed by atoms with van der Waals surface area (Å²) in [6, 6.07) is 0. The van der Waals surface area contributed by atoms with Gasteiger partial charge in [-0.05, 0) is 31.9 Å². The molecule has 1 aromatic heterocycles. The minimum atomic E-state index is -0.617. The quantitative estimate of drug-likeness (QED) is 0.617. The van der Waals surface area contributed by atoms with Crippen LogP contribution in [0.3, 0.4) is 0 Å². The van der Waals surface area contributed by atoms with E-state index in [2.05, 4.69) is 36.6 Å². The fourth-order valence-corrected chi connectivity index (χ4v) is 3.09. The predicted molar refractivity (Wildman–Crippen MR) is 68.6 cm³/mol. The largest absolute Gasteiger partial charge is 0.479 e. The number of Topliss-reactive ketones (excluding diaryl/α,β-unsaturated/α-hetero) is 1. The van der Waals surface area contributed by atoms with Crippen LogP contribution in [0.2, 0.25) is 0 Å². The Hall–Kier alpha value is -0.440. The Kier molecular flexibility index (Phi) is 5.57. The monoisotopic (exact) mass is 386 g/mol. The number of rotatable bonds is 5. The molecule has 0 spiro atoms. The minimum absolute atomic E-state index is 0.228. The van der Waals surface area contributed by atoms with Gasteiger partial charge in [0, 0.05) is 0 Å². The molecule has 0 amide bonds. The van der Waals surface area contributed by atoms with Crippen molar-refractivity contribution in [1.29, 1.82) is 0 Å². The van der Waals surface area contributed by atoms with Crippen molar-refractivity contribution < 1.29 is 24.2 Å². The van der Waals surface area contributed by atoms with Crippen LogP contribution in [0.5, 0.6) is 5.75 Å². The van der Waals surface area contributed by atoms with Crippen LogP contribution in [0.1, 0.15) is 9.67 Å². The standard InChI is InChI=1S/C9H8Br2O5S/c1-15-5(14)3-16-7-6(10)9(11)17-8(7)4(13)2-12/h12H,2-3H2,1H3. The van der Waals surface area contributed by atoms with Gasteiger partial charge in [-0.25, -0.2) is 4.79 Å². The topological polar surface area (TPSA) is 72.8 Å². The highest BCUT2D eigenvalue weighted by atomic mass is 79.9. The first-order valence-corrected chi connectivity index (χ1v) is 6.73. The number of esters is 1. The molecule has 0 unspecified atom stereocenters. The first kappa shape index (κ1) is 14.6. The van der Waals surface area contributed by atoms with Crippen LogP contribution in [0.25, 0.3) is 0 Å². The zero-order valence-electron chi connectivity index (χ0n) is 8.66. The van der Waals surface area contributed by atoms with Crippen LogP contribution in [0.15, 0.2) is 8.26 Å². The average Bonchev–Trinajstić information content (AvgIpc) is 2.62. The second-order valence-electron chi connectivity index (χ2n) is 2.79. The lowest BCUT2D eigenvalue weighted by atomic mass is 10.3. The summed E-state index contributed by atoms with van der Waals surface area (Å²) in [6.07, 6.45) is 0. The third-order valence-electron chi connectivity index (χ3n) is 1.73. The molecule has 0 saturated heterocycles. The molecule has 0 atom stereocenters. The molecule has 1 rings (SSSR count). The molecule has 0 aliphatic heterocycles. The third kappa shape index (κ3) is 3.51. The van der Waals surface area contributed by atoms with Gasteiger partial charge in [0.05, 0.1) is 15.4 Å². The Labute approximate surface area is 118 Å². The zero-order chi connectivity index (χ0) is 13.0. The minimum Gasteiger partial charge on any atom is -0.479 e. The first-order chi connectivity index (χ1) is 8.01. The lowest BCUT2D eigenvalue weighted by molar-refractivity contribution is -0.142. The Morgan fingerprint density at radius 3 is 2.59 bits per heavy atom. The summed E-state index contributed by atoms with van der Waals surface area (Å²) < 4.78 is 10.8. The van der Waals surface area contributed by atoms with Gasteiger partial charge in [0.2, 0.25) is 5.78 Å². The molecule has 1 aromatic rings. The van der Waals surface area contributed by atoms with Crippen LogP contribution >= 0.6 is 43.2 Å². The molecule has 0 bridgehead atoms. The van der Waals surface area contributed by atoms with E-state index >= 15 is 0 Å². The molecular formula is C9H8Br2O5S. The number of ketones is 1. The van der Waals surface area contributed by atoms with Crippen molar-refractivity contribution in [3.8, 4) is 5.75 Å². The van der Waals surface area contributed by atoms with E-state index in [1.54, 1.807) is 0 Å². The van der Waals surface area contributed by atoms with E-state index in [1.165, 1.54) is 7.11 Å². The first-order valence-electron chi connectivity index (χ1n) is 4.32. The van der Waals surface area contributed by atoms with Crippen molar-refractivity contribution in [3.05, 3.63) is 13.1 Å². The van der Waals surface area contributed by atoms with E-state index in [1.807, 2.05) is 0 Å². The highest BCUT2D eigenvalue weighted by Crippen LogP contribution is 2.43. The molecule has 0 aliphatic carbocycles. The van der Waals surface area contributed by atoms with Crippen molar-refractivity contribution in [1.82, 2.24) is 0 Å². The highest BCUT2D eigenvalue weighted by Gasteiger charge is 2.22. The second kappa shape index (κ2) is 6.48. The van der Waals surface area contributed by atoms with Crippen LogP contribution in [0.4, 0.5) is 0 Å². The molecule has 17 heavy (non-hydrogen) atoms. The third-order valence-corrected chi connectivity index (χ3v) is 5.16. The summed E-state index contributed by atoms with van der Waals surface area (Å²) in [4.78, 5) is 22.6. The number of hydrogen-bond acceptors (Lipinski definition) is 6. The molecular weight excluding hydrogens is 380 g/mol. The van der Waals surface area contributed by atoms with Gasteiger partial charge in [-0.3, -0.25) is 4.79 Å². The van der Waals surface area contributed by atoms with E-state index < -0.39 is 18.4 Å². The van der Waals surface area contributed by atoms with Gasteiger partial charge >= 0.3 is 5.97 Å². The highest BCUT2D eigenvalue weighted by molar-refractivity contribution is 9.13. The van der Waals surface area contributed by atoms with E-state index in [-0.39, 0.29) is 17.2 Å². The normalized spacial score (nSPS) is 10.1. The van der Waals surface area contributed by atoms with E-state index in [0.29, 0.717) is 8.26 Å². The summed E-state index contributed by atoms with van der Waals surface area (Å²) in [5, 5.41) is 8.82. The molecule has 0 radical (unpaired) electrons. The van der Waals surface area contributed by atoms with E-state index in [0.717, 1.165) is 11.3 Å². The molecule has 0 fully saturated rings. The Morgan fingerprint density at radius 1 is 1.41 bits per heavy atom. The van der Waals surface area contributed by atoms with Crippen LogP contribution in [0, 0.1) is 0 Å². The second-order valence-corrected chi connectivity index (χ2v) is 5.93. The fourth-order valence-electron chi connectivity index (χ4n) is 0.944. The van der Waals surface area contributed by atoms with Crippen molar-refractivity contribution >= 4 is 54.9 Å². The maximum atomic E-state index is 11.4. The molecule has 5 nitrogen and oxygen atoms in total. The number of carbonyl (C=O) groups is 2. The van der Waals surface area contributed by atoms with Gasteiger partial charge in [0.25, 0.3) is 0 Å². The number of carbonyl (C=O) groups excluding carboxylic acids is 2. The Balaban J connectivity index is 2.96. The maximum Gasteiger partial charge on any atom is 0.343 e. The number of aliphatic hydroxyl groups excluding tert-OH is 1. The van der Waals surface area contributed by atoms with Crippen molar-refractivity contribution in [2.24, 2.45) is 0 Å². The number of ether oxygens (including phenoxy) is 2. The van der Waals surface area contributed by atoms with Crippen LogP contribution in [-0.4, -0.2) is 37.2 Å². The van der Waals surface area contributed by atoms with Gasteiger partial charge in [-0.1, -0.05) is 0 Å². The number of aliphatic hydroxyl groups is 1. The SMILES string of the molecule is COC(=O)COc1c(C(=O)CO)sc(Br)c1Br. The van der Waals surface area contributed by atoms with Gasteiger partial charge in [0.1, 0.15) is 11.5 Å².